The number of nitrogens with zero attached hydrogens (tertiary/aromatic N) is 4. The highest BCUT2D eigenvalue weighted by Gasteiger charge is 2.37. The van der Waals surface area contributed by atoms with Crippen LogP contribution < -0.4 is 15.7 Å². The summed E-state index contributed by atoms with van der Waals surface area (Å²) >= 11 is 0. The third-order valence-electron chi connectivity index (χ3n) is 4.09. The Hall–Kier alpha value is -3.57. The molecular formula is C17H17F3N6O3. The molecule has 2 N–H and O–H groups in total. The van der Waals surface area contributed by atoms with Crippen molar-refractivity contribution in [3.05, 3.63) is 52.3 Å². The second kappa shape index (κ2) is 7.81. The smallest absolute Gasteiger partial charge is 0.451 e. The van der Waals surface area contributed by atoms with Crippen molar-refractivity contribution in [1.82, 2.24) is 29.9 Å². The summed E-state index contributed by atoms with van der Waals surface area (Å²) in [5, 5.41) is 12.4. The largest absolute Gasteiger partial charge is 0.497 e. The molecular weight excluding hydrogens is 393 g/mol. The van der Waals surface area contributed by atoms with Crippen molar-refractivity contribution in [2.45, 2.75) is 12.7 Å². The lowest BCUT2D eigenvalue weighted by Gasteiger charge is -2.03. The van der Waals surface area contributed by atoms with Crippen LogP contribution in [0.5, 0.6) is 5.75 Å². The summed E-state index contributed by atoms with van der Waals surface area (Å²) in [6.07, 6.45) is -4.74. The van der Waals surface area contributed by atoms with Crippen LogP contribution in [0.2, 0.25) is 0 Å². The zero-order chi connectivity index (χ0) is 21.2. The molecule has 0 aliphatic heterocycles. The van der Waals surface area contributed by atoms with Crippen LogP contribution in [0.1, 0.15) is 16.3 Å². The molecule has 0 atom stereocenters. The van der Waals surface area contributed by atoms with Gasteiger partial charge < -0.3 is 10.1 Å². The van der Waals surface area contributed by atoms with Gasteiger partial charge in [0, 0.05) is 19.2 Å². The van der Waals surface area contributed by atoms with E-state index < -0.39 is 23.6 Å². The lowest BCUT2D eigenvalue weighted by atomic mass is 10.1. The molecule has 29 heavy (non-hydrogen) atoms. The molecule has 1 aromatic carbocycles. The topological polar surface area (TPSA) is 107 Å². The van der Waals surface area contributed by atoms with E-state index in [4.69, 9.17) is 4.74 Å². The first-order chi connectivity index (χ1) is 13.7. The predicted octanol–water partition coefficient (Wildman–Crippen LogP) is 1.43. The number of ether oxygens (including phenoxy) is 1. The number of hydrogen-bond donors (Lipinski definition) is 2. The average molecular weight is 410 g/mol. The minimum Gasteiger partial charge on any atom is -0.497 e. The molecule has 0 bridgehead atoms. The zero-order valence-electron chi connectivity index (χ0n) is 15.4. The third-order valence-corrected chi connectivity index (χ3v) is 4.09. The number of halogens is 3. The maximum Gasteiger partial charge on any atom is 0.451 e. The minimum absolute atomic E-state index is 0.0967. The van der Waals surface area contributed by atoms with Gasteiger partial charge in [-0.05, 0) is 18.2 Å². The maximum absolute atomic E-state index is 12.8. The van der Waals surface area contributed by atoms with Crippen molar-refractivity contribution in [2.24, 2.45) is 7.05 Å². The van der Waals surface area contributed by atoms with Crippen molar-refractivity contribution in [3.8, 4) is 17.0 Å². The van der Waals surface area contributed by atoms with Gasteiger partial charge in [-0.25, -0.2) is 9.48 Å². The van der Waals surface area contributed by atoms with Gasteiger partial charge in [0.05, 0.1) is 19.3 Å². The second-order valence-electron chi connectivity index (χ2n) is 6.04. The quantitative estimate of drug-likeness (QED) is 0.639. The van der Waals surface area contributed by atoms with Crippen LogP contribution in [0.25, 0.3) is 11.3 Å². The number of carbonyl (C=O) groups excluding carboxylic acids is 1. The number of aromatic nitrogens is 5. The number of carbonyl (C=O) groups is 1. The summed E-state index contributed by atoms with van der Waals surface area (Å²) in [6, 6.07) is 8.63. The Morgan fingerprint density at radius 3 is 2.72 bits per heavy atom. The van der Waals surface area contributed by atoms with Crippen LogP contribution in [-0.2, 0) is 19.8 Å². The standard InChI is InChI=1S/C17H17F3N6O3/c1-25-15(17(18,19)20)24-26(16(25)28)7-6-21-14(27)13-9-12(22-23-13)10-4-3-5-11(8-10)29-2/h3-5,8-9H,6-7H2,1-2H3,(H,21,27)(H,22,23). The molecule has 0 aliphatic rings. The Labute approximate surface area is 162 Å². The molecule has 0 saturated carbocycles. The Kier molecular flexibility index (Phi) is 5.43. The van der Waals surface area contributed by atoms with Gasteiger partial charge >= 0.3 is 11.9 Å². The first-order valence-electron chi connectivity index (χ1n) is 8.39. The molecule has 0 aliphatic carbocycles. The second-order valence-corrected chi connectivity index (χ2v) is 6.04. The monoisotopic (exact) mass is 410 g/mol. The third kappa shape index (κ3) is 4.31. The minimum atomic E-state index is -4.74. The van der Waals surface area contributed by atoms with E-state index in [1.807, 2.05) is 0 Å². The molecule has 12 heteroatoms. The van der Waals surface area contributed by atoms with E-state index in [0.29, 0.717) is 20.7 Å². The molecule has 0 fully saturated rings. The lowest BCUT2D eigenvalue weighted by molar-refractivity contribution is -0.147. The fraction of sp³-hybridized carbons (Fsp3) is 0.294. The number of aromatic amines is 1. The molecule has 1 amide bonds. The molecule has 0 spiro atoms. The number of methoxy groups -OCH3 is 1. The van der Waals surface area contributed by atoms with Crippen molar-refractivity contribution in [1.29, 1.82) is 0 Å². The highest BCUT2D eigenvalue weighted by molar-refractivity contribution is 5.93. The Morgan fingerprint density at radius 1 is 1.31 bits per heavy atom. The van der Waals surface area contributed by atoms with Crippen molar-refractivity contribution in [2.75, 3.05) is 13.7 Å². The summed E-state index contributed by atoms with van der Waals surface area (Å²) < 4.78 is 44.5. The fourth-order valence-electron chi connectivity index (χ4n) is 2.62. The fourth-order valence-corrected chi connectivity index (χ4v) is 2.62. The highest BCUT2D eigenvalue weighted by atomic mass is 19.4. The van der Waals surface area contributed by atoms with E-state index >= 15 is 0 Å². The molecule has 9 nitrogen and oxygen atoms in total. The summed E-state index contributed by atoms with van der Waals surface area (Å²) in [4.78, 5) is 24.0. The predicted molar refractivity (Wildman–Crippen MR) is 95.4 cm³/mol. The van der Waals surface area contributed by atoms with E-state index in [9.17, 15) is 22.8 Å². The number of hydrogen-bond acceptors (Lipinski definition) is 5. The van der Waals surface area contributed by atoms with Gasteiger partial charge in [0.25, 0.3) is 5.91 Å². The first-order valence-corrected chi connectivity index (χ1v) is 8.39. The van der Waals surface area contributed by atoms with Gasteiger partial charge in [0.15, 0.2) is 0 Å². The van der Waals surface area contributed by atoms with E-state index in [2.05, 4.69) is 20.6 Å². The first kappa shape index (κ1) is 20.2. The number of amides is 1. The number of benzene rings is 1. The normalized spacial score (nSPS) is 11.5. The zero-order valence-corrected chi connectivity index (χ0v) is 15.4. The van der Waals surface area contributed by atoms with Crippen LogP contribution in [0.15, 0.2) is 35.1 Å². The SMILES string of the molecule is COc1cccc(-c2cc(C(=O)NCCn3nc(C(F)(F)F)n(C)c3=O)[nH]n2)c1. The van der Waals surface area contributed by atoms with Crippen LogP contribution in [0.3, 0.4) is 0 Å². The number of nitrogens with one attached hydrogen (secondary N) is 2. The molecule has 2 aromatic heterocycles. The Bertz CT molecular complexity index is 1080. The van der Waals surface area contributed by atoms with Gasteiger partial charge in [-0.15, -0.1) is 5.10 Å². The molecule has 0 saturated heterocycles. The molecule has 2 heterocycles. The van der Waals surface area contributed by atoms with Crippen LogP contribution >= 0.6 is 0 Å². The molecule has 3 rings (SSSR count). The van der Waals surface area contributed by atoms with Crippen LogP contribution in [-0.4, -0.2) is 44.1 Å². The Morgan fingerprint density at radius 2 is 2.07 bits per heavy atom. The summed E-state index contributed by atoms with van der Waals surface area (Å²) in [7, 11) is 2.52. The van der Waals surface area contributed by atoms with E-state index in [-0.39, 0.29) is 18.8 Å². The average Bonchev–Trinajstić information content (AvgIpc) is 3.28. The van der Waals surface area contributed by atoms with Gasteiger partial charge in [0.2, 0.25) is 5.82 Å². The maximum atomic E-state index is 12.8. The van der Waals surface area contributed by atoms with Crippen molar-refractivity contribution in [3.63, 3.8) is 0 Å². The summed E-state index contributed by atoms with van der Waals surface area (Å²) in [5.74, 6) is -1.19. The van der Waals surface area contributed by atoms with Crippen molar-refractivity contribution < 1.29 is 22.7 Å². The van der Waals surface area contributed by atoms with Gasteiger partial charge in [0.1, 0.15) is 11.4 Å². The van der Waals surface area contributed by atoms with Crippen LogP contribution in [0.4, 0.5) is 13.2 Å². The number of alkyl halides is 3. The highest BCUT2D eigenvalue weighted by Crippen LogP contribution is 2.26. The lowest BCUT2D eigenvalue weighted by Crippen LogP contribution is -2.32. The van der Waals surface area contributed by atoms with E-state index in [1.165, 1.54) is 13.2 Å². The van der Waals surface area contributed by atoms with E-state index in [0.717, 1.165) is 12.6 Å². The van der Waals surface area contributed by atoms with Gasteiger partial charge in [-0.3, -0.25) is 14.5 Å². The summed E-state index contributed by atoms with van der Waals surface area (Å²) in [5.41, 5.74) is 0.491. The summed E-state index contributed by atoms with van der Waals surface area (Å²) in [6.45, 7) is -0.314. The van der Waals surface area contributed by atoms with Gasteiger partial charge in [-0.2, -0.15) is 18.3 Å². The Balaban J connectivity index is 1.64. The van der Waals surface area contributed by atoms with Crippen molar-refractivity contribution >= 4 is 5.91 Å². The molecule has 0 unspecified atom stereocenters. The molecule has 154 valence electrons. The number of H-pyrrole nitrogens is 1. The molecule has 0 radical (unpaired) electrons. The van der Waals surface area contributed by atoms with Gasteiger partial charge in [-0.1, -0.05) is 12.1 Å². The molecule has 3 aromatic rings. The van der Waals surface area contributed by atoms with E-state index in [1.54, 1.807) is 24.3 Å². The number of rotatable bonds is 6. The van der Waals surface area contributed by atoms with Crippen LogP contribution in [0, 0.1) is 0 Å².